The van der Waals surface area contributed by atoms with Crippen molar-refractivity contribution in [1.82, 2.24) is 0 Å². The van der Waals surface area contributed by atoms with Crippen molar-refractivity contribution >= 4 is 28.0 Å². The van der Waals surface area contributed by atoms with Crippen molar-refractivity contribution < 1.29 is 13.7 Å². The van der Waals surface area contributed by atoms with Crippen molar-refractivity contribution in [2.75, 3.05) is 0 Å². The van der Waals surface area contributed by atoms with Crippen LogP contribution in [0.15, 0.2) is 279 Å². The molecule has 4 spiro atoms. The minimum Gasteiger partial charge on any atom is -0.190 e. The predicted octanol–water partition coefficient (Wildman–Crippen LogP) is 15.8. The number of fused-ring (bicyclic) bond motifs is 20. The van der Waals surface area contributed by atoms with Crippen LogP contribution in [0.25, 0.3) is 106 Å². The summed E-state index contributed by atoms with van der Waals surface area (Å²) in [5.41, 5.74) is 30.9. The zero-order valence-corrected chi connectivity index (χ0v) is 45.3. The van der Waals surface area contributed by atoms with Crippen LogP contribution < -0.4 is 13.7 Å². The highest BCUT2D eigenvalue weighted by Crippen LogP contribution is 2.89. The lowest BCUT2D eigenvalue weighted by Crippen LogP contribution is -2.62. The van der Waals surface area contributed by atoms with Crippen LogP contribution in [0.5, 0.6) is 0 Å². The van der Waals surface area contributed by atoms with E-state index in [-0.39, 0.29) is 5.41 Å². The summed E-state index contributed by atoms with van der Waals surface area (Å²) < 4.78 is 8.20. The topological polar surface area (TPSA) is 11.6 Å². The van der Waals surface area contributed by atoms with Crippen LogP contribution >= 0.6 is 0 Å². The second kappa shape index (κ2) is 13.9. The fourth-order valence-corrected chi connectivity index (χ4v) is 19.0. The van der Waals surface area contributed by atoms with E-state index in [2.05, 4.69) is 287 Å². The van der Waals surface area contributed by atoms with E-state index < -0.39 is 21.9 Å². The molecule has 12 bridgehead atoms. The normalized spacial score (nSPS) is 31.2. The molecule has 10 aromatic rings. The monoisotopic (exact) mass is 1050 g/mol. The minimum atomic E-state index is -0.933. The maximum atomic E-state index is 2.90. The Morgan fingerprint density at radius 1 is 0.410 bits per heavy atom. The molecule has 3 heteroatoms. The Hall–Kier alpha value is -9.83. The van der Waals surface area contributed by atoms with Gasteiger partial charge in [0, 0.05) is 63.9 Å². The first-order chi connectivity index (χ1) is 41.0. The number of hydrogen-bond donors (Lipinski definition) is 0. The summed E-state index contributed by atoms with van der Waals surface area (Å²) in [4.78, 5) is 0. The maximum Gasteiger partial charge on any atom is 0.246 e. The second-order valence-electron chi connectivity index (χ2n) is 25.8. The van der Waals surface area contributed by atoms with Gasteiger partial charge in [-0.15, -0.1) is 0 Å². The summed E-state index contributed by atoms with van der Waals surface area (Å²) in [6.45, 7) is 0. The van der Waals surface area contributed by atoms with Crippen LogP contribution in [-0.2, 0) is 16.5 Å². The van der Waals surface area contributed by atoms with Gasteiger partial charge >= 0.3 is 0 Å². The average Bonchev–Trinajstić information content (AvgIpc) is 1.50. The van der Waals surface area contributed by atoms with E-state index in [1.165, 1.54) is 140 Å². The second-order valence-corrected chi connectivity index (χ2v) is 25.8. The number of benzene rings is 7. The number of pyridine rings is 3. The van der Waals surface area contributed by atoms with Crippen LogP contribution in [0.2, 0.25) is 0 Å². The van der Waals surface area contributed by atoms with Gasteiger partial charge in [-0.1, -0.05) is 188 Å². The molecule has 3 nitrogen and oxygen atoms in total. The molecular weight excluding hydrogens is 1000 g/mol. The van der Waals surface area contributed by atoms with Crippen molar-refractivity contribution in [3.8, 4) is 78.1 Å². The summed E-state index contributed by atoms with van der Waals surface area (Å²) in [6, 6.07) is 79.5. The molecule has 3 fully saturated rings. The highest BCUT2D eigenvalue weighted by atomic mass is 15.2. The molecule has 0 radical (unpaired) electrons. The van der Waals surface area contributed by atoms with Crippen LogP contribution in [-0.4, -0.2) is 0 Å². The number of rotatable bonds is 2. The zero-order chi connectivity index (χ0) is 53.5. The molecule has 6 aliphatic carbocycles. The highest BCUT2D eigenvalue weighted by Gasteiger charge is 2.89. The molecule has 3 saturated carbocycles. The van der Waals surface area contributed by atoms with Crippen molar-refractivity contribution in [2.45, 2.75) is 22.9 Å². The lowest BCUT2D eigenvalue weighted by Gasteiger charge is -2.44. The molecule has 9 heterocycles. The molecule has 0 N–H and O–H groups in total. The van der Waals surface area contributed by atoms with E-state index in [4.69, 9.17) is 0 Å². The van der Waals surface area contributed by atoms with Gasteiger partial charge in [-0.05, 0) is 127 Å². The molecule has 3 aromatic heterocycles. The highest BCUT2D eigenvalue weighted by molar-refractivity contribution is 6.11. The van der Waals surface area contributed by atoms with Crippen LogP contribution in [0.4, 0.5) is 0 Å². The summed E-state index contributed by atoms with van der Waals surface area (Å²) in [7, 11) is 0. The quantitative estimate of drug-likeness (QED) is 0.121. The van der Waals surface area contributed by atoms with Gasteiger partial charge in [-0.25, -0.2) is 0 Å². The summed E-state index contributed by atoms with van der Waals surface area (Å²) in [6.07, 6.45) is 30.7. The SMILES string of the molecule is C1=CC23C=CC45C1C4C5C=C2C12CC14/C=C(\C=C1\c5ccccc5-c5ccc6[n+](c5)/C(=C5/c7ccccc7-c7ccc8c[n+]7C15/C=C\2c1ccccc1-8)c1ccccc1-6)c1ccccc1-c1c[n+]4c3cc1-c1ccc(-c2ccccc2)cc1. The van der Waals surface area contributed by atoms with Crippen molar-refractivity contribution in [2.24, 2.45) is 28.6 Å². The molecule has 8 atom stereocenters. The third-order valence-electron chi connectivity index (χ3n) is 22.7. The molecule has 0 saturated heterocycles. The van der Waals surface area contributed by atoms with E-state index in [0.717, 1.165) is 6.42 Å². The van der Waals surface area contributed by atoms with Gasteiger partial charge in [0.1, 0.15) is 11.0 Å². The third-order valence-corrected chi connectivity index (χ3v) is 22.7. The van der Waals surface area contributed by atoms with Crippen LogP contribution in [0, 0.1) is 28.6 Å². The van der Waals surface area contributed by atoms with E-state index in [9.17, 15) is 0 Å². The average molecular weight is 1050 g/mol. The molecule has 0 amide bonds. The molecule has 83 heavy (non-hydrogen) atoms. The third kappa shape index (κ3) is 4.69. The Morgan fingerprint density at radius 3 is 1.81 bits per heavy atom. The van der Waals surface area contributed by atoms with Crippen molar-refractivity contribution in [3.63, 3.8) is 0 Å². The largest absolute Gasteiger partial charge is 0.246 e. The molecule has 7 aromatic carbocycles. The van der Waals surface area contributed by atoms with Gasteiger partial charge in [0.2, 0.25) is 33.9 Å². The predicted molar refractivity (Wildman–Crippen MR) is 328 cm³/mol. The van der Waals surface area contributed by atoms with Gasteiger partial charge in [0.25, 0.3) is 0 Å². The Labute approximate surface area is 481 Å². The van der Waals surface area contributed by atoms with Gasteiger partial charge in [-0.3, -0.25) is 0 Å². The van der Waals surface area contributed by atoms with E-state index in [1.807, 2.05) is 0 Å². The first-order valence-electron chi connectivity index (χ1n) is 30.0. The zero-order valence-electron chi connectivity index (χ0n) is 45.3. The first-order valence-corrected chi connectivity index (χ1v) is 30.0. The Bertz CT molecular complexity index is 5100. The maximum absolute atomic E-state index is 2.90. The lowest BCUT2D eigenvalue weighted by atomic mass is 9.59. The van der Waals surface area contributed by atoms with Gasteiger partial charge in [-0.2, -0.15) is 13.7 Å². The first kappa shape index (κ1) is 43.0. The minimum absolute atomic E-state index is 0.205. The molecular formula is C80H50N3+3. The standard InChI is InChI=1S/C80H50N3/c1-2-14-47(15-3-1)48-26-28-49(29-27-48)63-39-72-76-35-34-65-74-67(78(65,74)37-36-76)40-71(76)79-46-77(79)41-52(55-18-4-7-19-56(55)64(63)45-83(72)77)38-66-57-20-8-5-16-53(57)50-30-32-69-60-23-11-13-25-62(60)75(81(69)43-50)73-61-24-12-10-22-59(61)70-33-31-51-44-82(70)80(66,73)42-68(79)58-21-9-6-17-54(51)58/h1-45,65,67,74H,46H2/q+3/b52-41+,66-38-,68-42-,75-73-. The fraction of sp³-hybridized carbons (Fsp3) is 0.113. The molecule has 6 aliphatic heterocycles. The Kier molecular flexibility index (Phi) is 7.20. The Balaban J connectivity index is 0.968. The smallest absolute Gasteiger partial charge is 0.190 e. The lowest BCUT2D eigenvalue weighted by molar-refractivity contribution is -0.743. The molecule has 8 unspecified atom stereocenters. The number of nitrogens with zero attached hydrogens (tertiary/aromatic N) is 3. The molecule has 382 valence electrons. The van der Waals surface area contributed by atoms with Gasteiger partial charge in [0.15, 0.2) is 18.6 Å². The van der Waals surface area contributed by atoms with Crippen molar-refractivity contribution in [3.05, 3.63) is 313 Å². The number of aromatic nitrogens is 3. The van der Waals surface area contributed by atoms with E-state index in [1.54, 1.807) is 5.57 Å². The van der Waals surface area contributed by atoms with E-state index >= 15 is 0 Å². The Morgan fingerprint density at radius 2 is 1.02 bits per heavy atom. The number of hydrogen-bond acceptors (Lipinski definition) is 0. The fourth-order valence-electron chi connectivity index (χ4n) is 19.0. The summed E-state index contributed by atoms with van der Waals surface area (Å²) in [5.74, 6) is 1.77. The van der Waals surface area contributed by atoms with Gasteiger partial charge in [0.05, 0.1) is 27.7 Å². The van der Waals surface area contributed by atoms with E-state index in [0.29, 0.717) is 17.8 Å². The summed E-state index contributed by atoms with van der Waals surface area (Å²) >= 11 is 0. The van der Waals surface area contributed by atoms with Gasteiger partial charge < -0.3 is 0 Å². The van der Waals surface area contributed by atoms with Crippen LogP contribution in [0.3, 0.4) is 0 Å². The van der Waals surface area contributed by atoms with Crippen LogP contribution in [0.1, 0.15) is 39.9 Å². The number of allylic oxidation sites excluding steroid dienone is 13. The molecule has 22 rings (SSSR count). The summed E-state index contributed by atoms with van der Waals surface area (Å²) in [5, 5.41) is 0. The van der Waals surface area contributed by atoms with Crippen molar-refractivity contribution in [1.29, 1.82) is 0 Å². The molecule has 12 aliphatic rings.